The second-order valence-corrected chi connectivity index (χ2v) is 5.21. The van der Waals surface area contributed by atoms with Crippen LogP contribution in [0.1, 0.15) is 25.7 Å². The molecule has 0 N–H and O–H groups in total. The largest absolute Gasteiger partial charge is 0.974 e. The van der Waals surface area contributed by atoms with Gasteiger partial charge in [-0.25, -0.2) is 0 Å². The molecule has 0 unspecified atom stereocenters. The maximum atomic E-state index is 11.2. The van der Waals surface area contributed by atoms with Crippen molar-refractivity contribution < 1.29 is 36.9 Å². The summed E-state index contributed by atoms with van der Waals surface area (Å²) in [4.78, 5) is 44.9. The Morgan fingerprint density at radius 3 is 1.06 bits per heavy atom. The first-order chi connectivity index (χ1) is 7.99. The topological polar surface area (TPSA) is 105 Å². The molecule has 9 heteroatoms. The minimum atomic E-state index is -4.32. The van der Waals surface area contributed by atoms with E-state index in [0.717, 1.165) is 0 Å². The Hall–Kier alpha value is -1.90. The first-order valence-corrected chi connectivity index (χ1v) is 6.50. The van der Waals surface area contributed by atoms with Gasteiger partial charge in [0.2, 0.25) is 0 Å². The van der Waals surface area contributed by atoms with Crippen LogP contribution in [-0.2, 0) is 36.9 Å². The summed E-state index contributed by atoms with van der Waals surface area (Å²) >= 11 is 0. The molecule has 0 radical (unpaired) electrons. The molecule has 0 aromatic carbocycles. The molecule has 2 aliphatic rings. The Bertz CT molecular complexity index is 325. The number of carbonyl (C=O) groups is 4. The lowest BCUT2D eigenvalue weighted by Crippen LogP contribution is -2.51. The summed E-state index contributed by atoms with van der Waals surface area (Å²) in [5.41, 5.74) is 0. The zero-order valence-electron chi connectivity index (χ0n) is 8.59. The average molecular weight is 260 g/mol. The molecule has 0 aromatic rings. The van der Waals surface area contributed by atoms with Crippen LogP contribution in [-0.4, -0.2) is 32.9 Å². The van der Waals surface area contributed by atoms with Crippen molar-refractivity contribution in [2.24, 2.45) is 0 Å². The number of rotatable bonds is 0. The molecule has 2 rings (SSSR count). The highest BCUT2D eigenvalue weighted by Gasteiger charge is 2.64. The van der Waals surface area contributed by atoms with Crippen LogP contribution in [0, 0.1) is 0 Å². The lowest BCUT2D eigenvalue weighted by molar-refractivity contribution is -0.155. The van der Waals surface area contributed by atoms with Crippen molar-refractivity contribution in [1.29, 1.82) is 0 Å². The molecule has 92 valence electrons. The summed E-state index contributed by atoms with van der Waals surface area (Å²) < 4.78 is 18.8. The molecule has 0 saturated carbocycles. The van der Waals surface area contributed by atoms with Gasteiger partial charge >= 0.3 is 9.05 Å². The summed E-state index contributed by atoms with van der Waals surface area (Å²) in [7, 11) is -4.32. The van der Waals surface area contributed by atoms with Gasteiger partial charge in [-0.1, -0.05) is 0 Å². The van der Waals surface area contributed by atoms with Crippen LogP contribution in [0.4, 0.5) is 0 Å². The molecule has 2 heterocycles. The highest BCUT2D eigenvalue weighted by molar-refractivity contribution is 6.61. The molecule has 2 fully saturated rings. The first-order valence-electron chi connectivity index (χ1n) is 4.86. The Kier molecular flexibility index (Phi) is 2.84. The molecule has 2 aliphatic heterocycles. The van der Waals surface area contributed by atoms with Gasteiger partial charge in [0, 0.05) is 0 Å². The van der Waals surface area contributed by atoms with Gasteiger partial charge in [-0.3, -0.25) is 19.2 Å². The lowest BCUT2D eigenvalue weighted by Gasteiger charge is -2.20. The minimum Gasteiger partial charge on any atom is -0.423 e. The standard InChI is InChI=1S/C8H8O8Si/c9-5-1-2-6(10)14-17(13-5)15-7(11)3-4-8(12)16-17/h1-4H2. The van der Waals surface area contributed by atoms with Crippen LogP contribution in [0.2, 0.25) is 0 Å². The van der Waals surface area contributed by atoms with Crippen LogP contribution >= 0.6 is 0 Å². The fourth-order valence-corrected chi connectivity index (χ4v) is 3.07. The normalized spacial score (nSPS) is 24.0. The summed E-state index contributed by atoms with van der Waals surface area (Å²) in [6.07, 6.45) is -0.823. The van der Waals surface area contributed by atoms with Crippen LogP contribution in [0.15, 0.2) is 0 Å². The quantitative estimate of drug-likeness (QED) is 0.520. The summed E-state index contributed by atoms with van der Waals surface area (Å²) in [6.45, 7) is 0. The Labute approximate surface area is 96.3 Å². The van der Waals surface area contributed by atoms with E-state index in [0.29, 0.717) is 0 Å². The fourth-order valence-electron chi connectivity index (χ4n) is 1.30. The van der Waals surface area contributed by atoms with Gasteiger partial charge in [0.25, 0.3) is 23.9 Å². The molecule has 0 amide bonds. The predicted octanol–water partition coefficient (Wildman–Crippen LogP) is -0.818. The van der Waals surface area contributed by atoms with E-state index in [1.807, 2.05) is 0 Å². The van der Waals surface area contributed by atoms with Gasteiger partial charge in [-0.15, -0.1) is 0 Å². The third-order valence-electron chi connectivity index (χ3n) is 2.02. The molecular formula is C8H8O8Si. The van der Waals surface area contributed by atoms with E-state index >= 15 is 0 Å². The molecular weight excluding hydrogens is 252 g/mol. The monoisotopic (exact) mass is 260 g/mol. The molecule has 0 atom stereocenters. The SMILES string of the molecule is O=C1CCC(=O)O[Si]2(O1)OC(=O)CCC(=O)O2. The fraction of sp³-hybridized carbons (Fsp3) is 0.500. The number of carbonyl (C=O) groups excluding carboxylic acids is 4. The van der Waals surface area contributed by atoms with E-state index in [9.17, 15) is 19.2 Å². The maximum Gasteiger partial charge on any atom is 0.974 e. The van der Waals surface area contributed by atoms with E-state index in [1.165, 1.54) is 0 Å². The summed E-state index contributed by atoms with van der Waals surface area (Å²) in [5.74, 6) is -3.20. The maximum absolute atomic E-state index is 11.2. The van der Waals surface area contributed by atoms with Gasteiger partial charge in [0.05, 0.1) is 25.7 Å². The van der Waals surface area contributed by atoms with Crippen LogP contribution in [0.3, 0.4) is 0 Å². The van der Waals surface area contributed by atoms with Crippen molar-refractivity contribution in [1.82, 2.24) is 0 Å². The van der Waals surface area contributed by atoms with Crippen molar-refractivity contribution in [3.8, 4) is 0 Å². The smallest absolute Gasteiger partial charge is 0.423 e. The van der Waals surface area contributed by atoms with E-state index in [1.54, 1.807) is 0 Å². The second-order valence-electron chi connectivity index (χ2n) is 3.40. The van der Waals surface area contributed by atoms with E-state index in [4.69, 9.17) is 17.7 Å². The molecule has 0 aliphatic carbocycles. The predicted molar refractivity (Wildman–Crippen MR) is 48.6 cm³/mol. The summed E-state index contributed by atoms with van der Waals surface area (Å²) in [5, 5.41) is 0. The van der Waals surface area contributed by atoms with Crippen molar-refractivity contribution in [2.45, 2.75) is 25.7 Å². The molecule has 0 aromatic heterocycles. The van der Waals surface area contributed by atoms with Crippen LogP contribution < -0.4 is 0 Å². The Morgan fingerprint density at radius 2 is 0.824 bits per heavy atom. The molecule has 0 bridgehead atoms. The molecule has 17 heavy (non-hydrogen) atoms. The van der Waals surface area contributed by atoms with E-state index in [-0.39, 0.29) is 25.7 Å². The van der Waals surface area contributed by atoms with E-state index in [2.05, 4.69) is 0 Å². The zero-order chi connectivity index (χ0) is 12.5. The Balaban J connectivity index is 2.28. The van der Waals surface area contributed by atoms with Crippen molar-refractivity contribution >= 4 is 32.9 Å². The number of hydrogen-bond donors (Lipinski definition) is 0. The van der Waals surface area contributed by atoms with Gasteiger partial charge in [-0.2, -0.15) is 0 Å². The minimum absolute atomic E-state index is 0.206. The molecule has 8 nitrogen and oxygen atoms in total. The van der Waals surface area contributed by atoms with Gasteiger partial charge in [0.15, 0.2) is 0 Å². The number of hydrogen-bond acceptors (Lipinski definition) is 8. The second kappa shape index (κ2) is 4.16. The average Bonchev–Trinajstić information content (AvgIpc) is 2.43. The van der Waals surface area contributed by atoms with Crippen molar-refractivity contribution in [2.75, 3.05) is 0 Å². The van der Waals surface area contributed by atoms with Crippen LogP contribution in [0.25, 0.3) is 0 Å². The third-order valence-corrected chi connectivity index (χ3v) is 3.93. The lowest BCUT2D eigenvalue weighted by atomic mass is 10.3. The molecule has 1 spiro atoms. The molecule has 2 saturated heterocycles. The van der Waals surface area contributed by atoms with Gasteiger partial charge in [-0.05, 0) is 0 Å². The van der Waals surface area contributed by atoms with Gasteiger partial charge < -0.3 is 17.7 Å². The van der Waals surface area contributed by atoms with Crippen molar-refractivity contribution in [3.05, 3.63) is 0 Å². The van der Waals surface area contributed by atoms with Gasteiger partial charge in [0.1, 0.15) is 0 Å². The highest BCUT2D eigenvalue weighted by Crippen LogP contribution is 2.23. The third kappa shape index (κ3) is 2.61. The highest BCUT2D eigenvalue weighted by atomic mass is 28.4. The van der Waals surface area contributed by atoms with Crippen molar-refractivity contribution in [3.63, 3.8) is 0 Å². The zero-order valence-corrected chi connectivity index (χ0v) is 9.59. The first kappa shape index (κ1) is 11.6. The van der Waals surface area contributed by atoms with E-state index < -0.39 is 32.9 Å². The van der Waals surface area contributed by atoms with Crippen LogP contribution in [0.5, 0.6) is 0 Å². The Morgan fingerprint density at radius 1 is 0.588 bits per heavy atom. The summed E-state index contributed by atoms with van der Waals surface area (Å²) in [6, 6.07) is 0.